The molecule has 1 fully saturated rings. The smallest absolute Gasteiger partial charge is 0.251 e. The second kappa shape index (κ2) is 10.5. The van der Waals surface area contributed by atoms with E-state index in [0.29, 0.717) is 18.7 Å². The lowest BCUT2D eigenvalue weighted by Crippen LogP contribution is -2.42. The van der Waals surface area contributed by atoms with Gasteiger partial charge in [0.15, 0.2) is 0 Å². The number of benzene rings is 2. The van der Waals surface area contributed by atoms with E-state index >= 15 is 0 Å². The van der Waals surface area contributed by atoms with Crippen molar-refractivity contribution in [3.05, 3.63) is 71.3 Å². The minimum absolute atomic E-state index is 0. The molecule has 1 aliphatic heterocycles. The monoisotopic (exact) mass is 387 g/mol. The predicted molar refractivity (Wildman–Crippen MR) is 113 cm³/mol. The van der Waals surface area contributed by atoms with E-state index in [4.69, 9.17) is 5.73 Å². The molecule has 1 heterocycles. The molecular weight excluding hydrogens is 358 g/mol. The van der Waals surface area contributed by atoms with Gasteiger partial charge in [0.2, 0.25) is 0 Å². The van der Waals surface area contributed by atoms with Gasteiger partial charge in [-0.25, -0.2) is 0 Å². The fourth-order valence-corrected chi connectivity index (χ4v) is 3.56. The van der Waals surface area contributed by atoms with E-state index in [-0.39, 0.29) is 24.4 Å². The summed E-state index contributed by atoms with van der Waals surface area (Å²) in [5.74, 6) is 0.762. The molecule has 4 nitrogen and oxygen atoms in total. The third-order valence-corrected chi connectivity index (χ3v) is 5.35. The number of carbonyl (C=O) groups is 1. The Labute approximate surface area is 168 Å². The summed E-state index contributed by atoms with van der Waals surface area (Å²) in [5.41, 5.74) is 8.60. The zero-order valence-electron chi connectivity index (χ0n) is 15.9. The van der Waals surface area contributed by atoms with Crippen molar-refractivity contribution in [2.45, 2.75) is 32.4 Å². The zero-order valence-corrected chi connectivity index (χ0v) is 16.8. The molecule has 0 aromatic heterocycles. The van der Waals surface area contributed by atoms with Crippen LogP contribution in [0.25, 0.3) is 0 Å². The van der Waals surface area contributed by atoms with Crippen molar-refractivity contribution < 1.29 is 4.79 Å². The van der Waals surface area contributed by atoms with Crippen LogP contribution in [0, 0.1) is 5.92 Å². The van der Waals surface area contributed by atoms with Crippen LogP contribution in [0.5, 0.6) is 0 Å². The van der Waals surface area contributed by atoms with Gasteiger partial charge in [-0.1, -0.05) is 49.4 Å². The third-order valence-electron chi connectivity index (χ3n) is 5.35. The Morgan fingerprint density at radius 2 is 1.74 bits per heavy atom. The first-order chi connectivity index (χ1) is 12.7. The second-order valence-electron chi connectivity index (χ2n) is 7.26. The summed E-state index contributed by atoms with van der Waals surface area (Å²) in [6, 6.07) is 18.2. The van der Waals surface area contributed by atoms with Crippen LogP contribution in [-0.2, 0) is 6.54 Å². The van der Waals surface area contributed by atoms with Gasteiger partial charge >= 0.3 is 0 Å². The Bertz CT molecular complexity index is 697. The first kappa shape index (κ1) is 21.4. The molecule has 1 aliphatic rings. The predicted octanol–water partition coefficient (Wildman–Crippen LogP) is 3.77. The van der Waals surface area contributed by atoms with E-state index in [1.807, 2.05) is 30.3 Å². The molecule has 0 bridgehead atoms. The van der Waals surface area contributed by atoms with Gasteiger partial charge < -0.3 is 11.1 Å². The molecule has 0 aliphatic carbocycles. The number of hydrogen-bond acceptors (Lipinski definition) is 3. The van der Waals surface area contributed by atoms with Crippen LogP contribution >= 0.6 is 12.4 Å². The third kappa shape index (κ3) is 5.80. The molecule has 3 rings (SSSR count). The van der Waals surface area contributed by atoms with Crippen LogP contribution < -0.4 is 11.1 Å². The van der Waals surface area contributed by atoms with Crippen LogP contribution in [-0.4, -0.2) is 30.4 Å². The number of nitrogens with one attached hydrogen (secondary N) is 1. The van der Waals surface area contributed by atoms with Gasteiger partial charge in [0.25, 0.3) is 5.91 Å². The van der Waals surface area contributed by atoms with E-state index in [9.17, 15) is 4.79 Å². The fourth-order valence-electron chi connectivity index (χ4n) is 3.56. The summed E-state index contributed by atoms with van der Waals surface area (Å²) >= 11 is 0. The maximum Gasteiger partial charge on any atom is 0.251 e. The van der Waals surface area contributed by atoms with E-state index in [1.165, 1.54) is 18.4 Å². The quantitative estimate of drug-likeness (QED) is 0.793. The molecule has 146 valence electrons. The molecule has 5 heteroatoms. The van der Waals surface area contributed by atoms with Crippen molar-refractivity contribution >= 4 is 18.3 Å². The van der Waals surface area contributed by atoms with Crippen molar-refractivity contribution in [3.8, 4) is 0 Å². The summed E-state index contributed by atoms with van der Waals surface area (Å²) < 4.78 is 0. The van der Waals surface area contributed by atoms with Crippen molar-refractivity contribution in [2.24, 2.45) is 11.7 Å². The number of halogens is 1. The summed E-state index contributed by atoms with van der Waals surface area (Å²) in [7, 11) is 0. The van der Waals surface area contributed by atoms with Gasteiger partial charge in [0.05, 0.1) is 6.04 Å². The van der Waals surface area contributed by atoms with Crippen molar-refractivity contribution in [1.29, 1.82) is 0 Å². The van der Waals surface area contributed by atoms with Crippen molar-refractivity contribution in [1.82, 2.24) is 10.2 Å². The number of nitrogens with two attached hydrogens (primary N) is 1. The lowest BCUT2D eigenvalue weighted by Gasteiger charge is -2.37. The number of piperidine rings is 1. The largest absolute Gasteiger partial charge is 0.350 e. The molecule has 1 amide bonds. The Balaban J connectivity index is 0.00000261. The normalized spacial score (nSPS) is 16.4. The van der Waals surface area contributed by atoms with Crippen LogP contribution in [0.15, 0.2) is 54.6 Å². The van der Waals surface area contributed by atoms with E-state index in [2.05, 4.69) is 41.4 Å². The Morgan fingerprint density at radius 1 is 1.11 bits per heavy atom. The Hall–Kier alpha value is -1.88. The first-order valence-corrected chi connectivity index (χ1v) is 9.53. The number of likely N-dealkylation sites (tertiary alicyclic amines) is 1. The van der Waals surface area contributed by atoms with E-state index < -0.39 is 0 Å². The van der Waals surface area contributed by atoms with Gasteiger partial charge in [-0.2, -0.15) is 0 Å². The highest BCUT2D eigenvalue weighted by Gasteiger charge is 2.25. The summed E-state index contributed by atoms with van der Waals surface area (Å²) in [5, 5.41) is 3.13. The highest BCUT2D eigenvalue weighted by molar-refractivity contribution is 5.94. The Morgan fingerprint density at radius 3 is 2.33 bits per heavy atom. The molecule has 0 spiro atoms. The number of carbonyl (C=O) groups excluding carboxylic acids is 1. The molecule has 2 aromatic rings. The lowest BCUT2D eigenvalue weighted by atomic mass is 9.95. The molecule has 27 heavy (non-hydrogen) atoms. The van der Waals surface area contributed by atoms with Crippen LogP contribution in [0.4, 0.5) is 0 Å². The molecule has 1 atom stereocenters. The summed E-state index contributed by atoms with van der Waals surface area (Å²) in [6.45, 7) is 5.60. The van der Waals surface area contributed by atoms with Crippen LogP contribution in [0.3, 0.4) is 0 Å². The van der Waals surface area contributed by atoms with Crippen LogP contribution in [0.1, 0.15) is 47.3 Å². The molecule has 1 saturated heterocycles. The average Bonchev–Trinajstić information content (AvgIpc) is 2.70. The number of hydrogen-bond donors (Lipinski definition) is 2. The number of amides is 1. The number of nitrogens with zero attached hydrogens (tertiary/aromatic N) is 1. The minimum Gasteiger partial charge on any atom is -0.350 e. The molecule has 0 saturated carbocycles. The summed E-state index contributed by atoms with van der Waals surface area (Å²) in [6.07, 6.45) is 2.44. The van der Waals surface area contributed by atoms with E-state index in [0.717, 1.165) is 24.6 Å². The molecule has 0 radical (unpaired) electrons. The van der Waals surface area contributed by atoms with Gasteiger partial charge in [-0.05, 0) is 55.1 Å². The maximum absolute atomic E-state index is 12.6. The van der Waals surface area contributed by atoms with Gasteiger partial charge in [-0.3, -0.25) is 9.69 Å². The molecule has 1 unspecified atom stereocenters. The average molecular weight is 388 g/mol. The van der Waals surface area contributed by atoms with Gasteiger partial charge in [0, 0.05) is 18.7 Å². The molecule has 3 N–H and O–H groups in total. The summed E-state index contributed by atoms with van der Waals surface area (Å²) in [4.78, 5) is 15.1. The topological polar surface area (TPSA) is 58.4 Å². The SMILES string of the molecule is CC1CCN(C(CNC(=O)c2ccc(CN)cc2)c2ccccc2)CC1.Cl. The molecular formula is C22H30ClN3O. The van der Waals surface area contributed by atoms with E-state index in [1.54, 1.807) is 0 Å². The van der Waals surface area contributed by atoms with Crippen molar-refractivity contribution in [3.63, 3.8) is 0 Å². The standard InChI is InChI=1S/C22H29N3O.ClH/c1-17-11-13-25(14-12-17)21(19-5-3-2-4-6-19)16-24-22(26)20-9-7-18(15-23)8-10-20;/h2-10,17,21H,11-16,23H2,1H3,(H,24,26);1H. The van der Waals surface area contributed by atoms with Gasteiger partial charge in [0.1, 0.15) is 0 Å². The highest BCUT2D eigenvalue weighted by atomic mass is 35.5. The maximum atomic E-state index is 12.6. The van der Waals surface area contributed by atoms with Crippen LogP contribution in [0.2, 0.25) is 0 Å². The van der Waals surface area contributed by atoms with Gasteiger partial charge in [-0.15, -0.1) is 12.4 Å². The first-order valence-electron chi connectivity index (χ1n) is 9.53. The molecule has 2 aromatic carbocycles. The fraction of sp³-hybridized carbons (Fsp3) is 0.409. The lowest BCUT2D eigenvalue weighted by molar-refractivity contribution is 0.0913. The second-order valence-corrected chi connectivity index (χ2v) is 7.26. The minimum atomic E-state index is -0.0279. The van der Waals surface area contributed by atoms with Crippen molar-refractivity contribution in [2.75, 3.05) is 19.6 Å². The highest BCUT2D eigenvalue weighted by Crippen LogP contribution is 2.26. The zero-order chi connectivity index (χ0) is 18.4. The number of rotatable bonds is 6. The Kier molecular flexibility index (Phi) is 8.29.